The summed E-state index contributed by atoms with van der Waals surface area (Å²) in [6.45, 7) is 3.94. The summed E-state index contributed by atoms with van der Waals surface area (Å²) in [7, 11) is 0. The normalized spacial score (nSPS) is 10.7. The molecule has 0 saturated carbocycles. The Labute approximate surface area is 99.2 Å². The van der Waals surface area contributed by atoms with Crippen molar-refractivity contribution in [2.75, 3.05) is 5.73 Å². The van der Waals surface area contributed by atoms with E-state index >= 15 is 0 Å². The average Bonchev–Trinajstić information content (AvgIpc) is 2.59. The standard InChI is InChI=1S/C12H13ClN2O/c1-3-10-7(2)15-12(16-10)11-8(13)5-4-6-9(11)14/h4-6H,3,14H2,1-2H3. The molecular formula is C12H13ClN2O. The van der Waals surface area contributed by atoms with Crippen LogP contribution in [0.2, 0.25) is 5.02 Å². The third-order valence-corrected chi connectivity index (χ3v) is 2.79. The lowest BCUT2D eigenvalue weighted by atomic mass is 10.2. The first-order chi connectivity index (χ1) is 7.63. The van der Waals surface area contributed by atoms with Crippen molar-refractivity contribution in [2.45, 2.75) is 20.3 Å². The summed E-state index contributed by atoms with van der Waals surface area (Å²) in [4.78, 5) is 4.34. The predicted octanol–water partition coefficient (Wildman–Crippen LogP) is 3.45. The van der Waals surface area contributed by atoms with Gasteiger partial charge in [-0.05, 0) is 19.1 Å². The number of nitrogens with two attached hydrogens (primary N) is 1. The summed E-state index contributed by atoms with van der Waals surface area (Å²) < 4.78 is 5.64. The van der Waals surface area contributed by atoms with E-state index in [1.54, 1.807) is 18.2 Å². The molecule has 0 amide bonds. The molecule has 2 N–H and O–H groups in total. The molecule has 84 valence electrons. The second kappa shape index (κ2) is 4.18. The second-order valence-corrected chi connectivity index (χ2v) is 3.99. The zero-order valence-corrected chi connectivity index (χ0v) is 10.0. The molecule has 1 heterocycles. The molecule has 0 aliphatic carbocycles. The van der Waals surface area contributed by atoms with Crippen LogP contribution in [0.4, 0.5) is 5.69 Å². The molecule has 1 aromatic heterocycles. The maximum Gasteiger partial charge on any atom is 0.230 e. The third-order valence-electron chi connectivity index (χ3n) is 2.47. The van der Waals surface area contributed by atoms with Gasteiger partial charge in [-0.25, -0.2) is 4.98 Å². The minimum Gasteiger partial charge on any atom is -0.441 e. The van der Waals surface area contributed by atoms with Crippen molar-refractivity contribution in [3.8, 4) is 11.5 Å². The molecule has 3 nitrogen and oxygen atoms in total. The van der Waals surface area contributed by atoms with Crippen LogP contribution in [0.5, 0.6) is 0 Å². The van der Waals surface area contributed by atoms with Crippen LogP contribution in [0.15, 0.2) is 22.6 Å². The molecule has 0 saturated heterocycles. The van der Waals surface area contributed by atoms with Gasteiger partial charge in [-0.1, -0.05) is 24.6 Å². The highest BCUT2D eigenvalue weighted by molar-refractivity contribution is 6.33. The predicted molar refractivity (Wildman–Crippen MR) is 65.5 cm³/mol. The largest absolute Gasteiger partial charge is 0.441 e. The first kappa shape index (κ1) is 11.0. The molecule has 0 aliphatic rings. The number of hydrogen-bond acceptors (Lipinski definition) is 3. The Morgan fingerprint density at radius 1 is 1.44 bits per heavy atom. The number of aryl methyl sites for hydroxylation is 2. The molecule has 0 spiro atoms. The molecular weight excluding hydrogens is 224 g/mol. The summed E-state index contributed by atoms with van der Waals surface area (Å²) in [6.07, 6.45) is 0.809. The van der Waals surface area contributed by atoms with E-state index in [-0.39, 0.29) is 0 Å². The fourth-order valence-corrected chi connectivity index (χ4v) is 1.89. The Kier molecular flexibility index (Phi) is 2.88. The van der Waals surface area contributed by atoms with Crippen LogP contribution in [-0.2, 0) is 6.42 Å². The Morgan fingerprint density at radius 2 is 2.19 bits per heavy atom. The second-order valence-electron chi connectivity index (χ2n) is 3.59. The molecule has 2 rings (SSSR count). The van der Waals surface area contributed by atoms with Gasteiger partial charge >= 0.3 is 0 Å². The van der Waals surface area contributed by atoms with Crippen LogP contribution in [0.3, 0.4) is 0 Å². The van der Waals surface area contributed by atoms with Gasteiger partial charge in [-0.2, -0.15) is 0 Å². The van der Waals surface area contributed by atoms with Crippen LogP contribution in [0.1, 0.15) is 18.4 Å². The zero-order valence-electron chi connectivity index (χ0n) is 9.25. The maximum atomic E-state index is 6.09. The number of aromatic nitrogens is 1. The number of hydrogen-bond donors (Lipinski definition) is 1. The van der Waals surface area contributed by atoms with E-state index in [9.17, 15) is 0 Å². The molecule has 0 bridgehead atoms. The molecule has 2 aromatic rings. The smallest absolute Gasteiger partial charge is 0.230 e. The first-order valence-electron chi connectivity index (χ1n) is 5.14. The van der Waals surface area contributed by atoms with Gasteiger partial charge < -0.3 is 10.2 Å². The van der Waals surface area contributed by atoms with Gasteiger partial charge in [0, 0.05) is 12.1 Å². The van der Waals surface area contributed by atoms with Gasteiger partial charge in [-0.15, -0.1) is 0 Å². The van der Waals surface area contributed by atoms with E-state index in [0.717, 1.165) is 17.9 Å². The minimum absolute atomic E-state index is 0.498. The van der Waals surface area contributed by atoms with E-state index in [1.165, 1.54) is 0 Å². The lowest BCUT2D eigenvalue weighted by Gasteiger charge is -2.02. The van der Waals surface area contributed by atoms with E-state index < -0.39 is 0 Å². The fraction of sp³-hybridized carbons (Fsp3) is 0.250. The lowest BCUT2D eigenvalue weighted by molar-refractivity contribution is 0.522. The molecule has 4 heteroatoms. The summed E-state index contributed by atoms with van der Waals surface area (Å²) in [5, 5.41) is 0.559. The van der Waals surface area contributed by atoms with Crippen molar-refractivity contribution < 1.29 is 4.42 Å². The fourth-order valence-electron chi connectivity index (χ4n) is 1.63. The van der Waals surface area contributed by atoms with E-state index in [2.05, 4.69) is 4.98 Å². The number of benzene rings is 1. The zero-order chi connectivity index (χ0) is 11.7. The van der Waals surface area contributed by atoms with Gasteiger partial charge in [-0.3, -0.25) is 0 Å². The van der Waals surface area contributed by atoms with E-state index in [0.29, 0.717) is 22.2 Å². The van der Waals surface area contributed by atoms with Crippen LogP contribution >= 0.6 is 11.6 Å². The Morgan fingerprint density at radius 3 is 2.75 bits per heavy atom. The van der Waals surface area contributed by atoms with Crippen molar-refractivity contribution in [3.63, 3.8) is 0 Å². The van der Waals surface area contributed by atoms with Crippen molar-refractivity contribution >= 4 is 17.3 Å². The molecule has 0 atom stereocenters. The monoisotopic (exact) mass is 236 g/mol. The Bertz CT molecular complexity index is 499. The van der Waals surface area contributed by atoms with Gasteiger partial charge in [0.05, 0.1) is 16.3 Å². The van der Waals surface area contributed by atoms with Crippen LogP contribution in [-0.4, -0.2) is 4.98 Å². The highest BCUT2D eigenvalue weighted by atomic mass is 35.5. The topological polar surface area (TPSA) is 52.0 Å². The number of nitrogen functional groups attached to an aromatic ring is 1. The number of nitrogens with zero attached hydrogens (tertiary/aromatic N) is 1. The quantitative estimate of drug-likeness (QED) is 0.813. The van der Waals surface area contributed by atoms with Gasteiger partial charge in [0.2, 0.25) is 5.89 Å². The molecule has 0 unspecified atom stereocenters. The maximum absolute atomic E-state index is 6.09. The molecule has 0 fully saturated rings. The minimum atomic E-state index is 0.498. The highest BCUT2D eigenvalue weighted by Crippen LogP contribution is 2.33. The van der Waals surface area contributed by atoms with Gasteiger partial charge in [0.15, 0.2) is 0 Å². The summed E-state index contributed by atoms with van der Waals surface area (Å²) in [5.74, 6) is 1.37. The molecule has 0 aliphatic heterocycles. The average molecular weight is 237 g/mol. The number of oxazole rings is 1. The molecule has 0 radical (unpaired) electrons. The summed E-state index contributed by atoms with van der Waals surface area (Å²) in [6, 6.07) is 5.36. The van der Waals surface area contributed by atoms with Crippen molar-refractivity contribution in [2.24, 2.45) is 0 Å². The van der Waals surface area contributed by atoms with E-state index in [1.807, 2.05) is 13.8 Å². The highest BCUT2D eigenvalue weighted by Gasteiger charge is 2.15. The van der Waals surface area contributed by atoms with E-state index in [4.69, 9.17) is 21.8 Å². The Balaban J connectivity index is 2.58. The number of rotatable bonds is 2. The van der Waals surface area contributed by atoms with Crippen molar-refractivity contribution in [1.29, 1.82) is 0 Å². The van der Waals surface area contributed by atoms with Crippen molar-refractivity contribution in [1.82, 2.24) is 4.98 Å². The van der Waals surface area contributed by atoms with Crippen molar-refractivity contribution in [3.05, 3.63) is 34.7 Å². The third kappa shape index (κ3) is 1.78. The molecule has 16 heavy (non-hydrogen) atoms. The number of halogens is 1. The Hall–Kier alpha value is -1.48. The van der Waals surface area contributed by atoms with Gasteiger partial charge in [0.1, 0.15) is 5.76 Å². The lowest BCUT2D eigenvalue weighted by Crippen LogP contribution is -1.90. The summed E-state index contributed by atoms with van der Waals surface area (Å²) >= 11 is 6.09. The SMILES string of the molecule is CCc1oc(-c2c(N)cccc2Cl)nc1C. The van der Waals surface area contributed by atoms with Crippen LogP contribution in [0.25, 0.3) is 11.5 Å². The van der Waals surface area contributed by atoms with Crippen LogP contribution in [0, 0.1) is 6.92 Å². The number of anilines is 1. The van der Waals surface area contributed by atoms with Gasteiger partial charge in [0.25, 0.3) is 0 Å². The molecule has 1 aromatic carbocycles. The first-order valence-corrected chi connectivity index (χ1v) is 5.52. The van der Waals surface area contributed by atoms with Crippen LogP contribution < -0.4 is 5.73 Å². The summed E-state index contributed by atoms with van der Waals surface area (Å²) in [5.41, 5.74) is 8.01.